The smallest absolute Gasteiger partial charge is 0.335 e. The maximum absolute atomic E-state index is 11.0. The van der Waals surface area contributed by atoms with Crippen molar-refractivity contribution in [2.24, 2.45) is 0 Å². The molecule has 1 rings (SSSR count). The Morgan fingerprint density at radius 1 is 1.06 bits per heavy atom. The van der Waals surface area contributed by atoms with Gasteiger partial charge in [0, 0.05) is 0 Å². The second kappa shape index (κ2) is 4.79. The van der Waals surface area contributed by atoms with E-state index in [2.05, 4.69) is 0 Å². The number of aromatic carboxylic acids is 2. The van der Waals surface area contributed by atoms with Gasteiger partial charge in [0.25, 0.3) is 0 Å². The van der Waals surface area contributed by atoms with E-state index in [0.29, 0.717) is 12.8 Å². The molecule has 4 heteroatoms. The van der Waals surface area contributed by atoms with Crippen LogP contribution in [0.1, 0.15) is 45.7 Å². The number of carboxylic acid groups (broad SMARTS) is 2. The molecule has 0 aliphatic rings. The Balaban J connectivity index is 3.49. The van der Waals surface area contributed by atoms with E-state index in [4.69, 9.17) is 10.2 Å². The first kappa shape index (κ1) is 12.2. The van der Waals surface area contributed by atoms with Crippen molar-refractivity contribution < 1.29 is 19.8 Å². The number of carbonyl (C=O) groups is 2. The zero-order valence-electron chi connectivity index (χ0n) is 9.28. The van der Waals surface area contributed by atoms with Gasteiger partial charge >= 0.3 is 11.9 Å². The van der Waals surface area contributed by atoms with Gasteiger partial charge in [-0.2, -0.15) is 0 Å². The number of carboxylic acids is 2. The Morgan fingerprint density at radius 3 is 2.06 bits per heavy atom. The lowest BCUT2D eigenvalue weighted by Crippen LogP contribution is -2.09. The van der Waals surface area contributed by atoms with Crippen molar-refractivity contribution in [3.05, 3.63) is 34.4 Å². The molecular weight excluding hydrogens is 208 g/mol. The highest BCUT2D eigenvalue weighted by Crippen LogP contribution is 2.19. The highest BCUT2D eigenvalue weighted by molar-refractivity contribution is 5.95. The molecule has 4 nitrogen and oxygen atoms in total. The number of rotatable bonds is 4. The number of benzene rings is 1. The minimum absolute atomic E-state index is 0.0338. The molecule has 16 heavy (non-hydrogen) atoms. The van der Waals surface area contributed by atoms with Crippen LogP contribution in [0.5, 0.6) is 0 Å². The van der Waals surface area contributed by atoms with Crippen LogP contribution in [0.25, 0.3) is 0 Å². The van der Waals surface area contributed by atoms with E-state index < -0.39 is 11.9 Å². The van der Waals surface area contributed by atoms with Gasteiger partial charge in [-0.1, -0.05) is 13.8 Å². The van der Waals surface area contributed by atoms with Gasteiger partial charge in [0.05, 0.1) is 11.1 Å². The van der Waals surface area contributed by atoms with E-state index in [-0.39, 0.29) is 11.1 Å². The van der Waals surface area contributed by atoms with Crippen LogP contribution in [-0.2, 0) is 12.8 Å². The minimum Gasteiger partial charge on any atom is -0.478 e. The summed E-state index contributed by atoms with van der Waals surface area (Å²) in [5.41, 5.74) is 1.64. The molecule has 0 aromatic heterocycles. The molecule has 0 spiro atoms. The first-order chi connectivity index (χ1) is 7.51. The molecular formula is C12H14O4. The average Bonchev–Trinajstić information content (AvgIpc) is 2.26. The Morgan fingerprint density at radius 2 is 1.69 bits per heavy atom. The predicted octanol–water partition coefficient (Wildman–Crippen LogP) is 2.21. The fraction of sp³-hybridized carbons (Fsp3) is 0.333. The number of hydrogen-bond acceptors (Lipinski definition) is 2. The van der Waals surface area contributed by atoms with Gasteiger partial charge in [-0.05, 0) is 36.1 Å². The van der Waals surface area contributed by atoms with Crippen LogP contribution in [-0.4, -0.2) is 22.2 Å². The topological polar surface area (TPSA) is 74.6 Å². The summed E-state index contributed by atoms with van der Waals surface area (Å²) in [6, 6.07) is 2.77. The molecule has 0 saturated heterocycles. The lowest BCUT2D eigenvalue weighted by Gasteiger charge is -2.11. The zero-order chi connectivity index (χ0) is 12.3. The summed E-state index contributed by atoms with van der Waals surface area (Å²) in [6.45, 7) is 3.74. The Bertz CT molecular complexity index is 435. The Labute approximate surface area is 93.5 Å². The SMILES string of the molecule is CCc1cc(C(=O)O)cc(C(=O)O)c1CC. The van der Waals surface area contributed by atoms with Crippen molar-refractivity contribution in [2.75, 3.05) is 0 Å². The van der Waals surface area contributed by atoms with Crippen LogP contribution in [0.3, 0.4) is 0 Å². The molecule has 1 aromatic carbocycles. The highest BCUT2D eigenvalue weighted by Gasteiger charge is 2.16. The van der Waals surface area contributed by atoms with E-state index in [0.717, 1.165) is 11.1 Å². The molecule has 0 radical (unpaired) electrons. The first-order valence-corrected chi connectivity index (χ1v) is 5.13. The standard InChI is InChI=1S/C12H14O4/c1-3-7-5-8(11(13)14)6-10(12(15)16)9(7)4-2/h5-6H,3-4H2,1-2H3,(H,13,14)(H,15,16). The van der Waals surface area contributed by atoms with Gasteiger partial charge in [0.1, 0.15) is 0 Å². The minimum atomic E-state index is -1.10. The quantitative estimate of drug-likeness (QED) is 0.819. The molecule has 1 aromatic rings. The van der Waals surface area contributed by atoms with E-state index in [1.54, 1.807) is 6.07 Å². The van der Waals surface area contributed by atoms with Crippen LogP contribution in [0.15, 0.2) is 12.1 Å². The number of hydrogen-bond donors (Lipinski definition) is 2. The van der Waals surface area contributed by atoms with Crippen molar-refractivity contribution >= 4 is 11.9 Å². The zero-order valence-corrected chi connectivity index (χ0v) is 9.28. The van der Waals surface area contributed by atoms with Gasteiger partial charge in [-0.25, -0.2) is 9.59 Å². The Kier molecular flexibility index (Phi) is 3.66. The van der Waals surface area contributed by atoms with Crippen LogP contribution < -0.4 is 0 Å². The van der Waals surface area contributed by atoms with Crippen molar-refractivity contribution in [3.63, 3.8) is 0 Å². The van der Waals surface area contributed by atoms with Crippen molar-refractivity contribution in [1.29, 1.82) is 0 Å². The van der Waals surface area contributed by atoms with Crippen molar-refractivity contribution in [1.82, 2.24) is 0 Å². The third-order valence-electron chi connectivity index (χ3n) is 2.55. The lowest BCUT2D eigenvalue weighted by molar-refractivity contribution is 0.0695. The fourth-order valence-corrected chi connectivity index (χ4v) is 1.78. The molecule has 0 aliphatic carbocycles. The molecule has 86 valence electrons. The summed E-state index contributed by atoms with van der Waals surface area (Å²) >= 11 is 0. The lowest BCUT2D eigenvalue weighted by atomic mass is 9.94. The van der Waals surface area contributed by atoms with Gasteiger partial charge < -0.3 is 10.2 Å². The average molecular weight is 222 g/mol. The summed E-state index contributed by atoms with van der Waals surface area (Å²) < 4.78 is 0. The summed E-state index contributed by atoms with van der Waals surface area (Å²) in [5.74, 6) is -2.17. The first-order valence-electron chi connectivity index (χ1n) is 5.13. The largest absolute Gasteiger partial charge is 0.478 e. The van der Waals surface area contributed by atoms with E-state index >= 15 is 0 Å². The molecule has 0 unspecified atom stereocenters. The van der Waals surface area contributed by atoms with E-state index in [1.807, 2.05) is 13.8 Å². The molecule has 0 saturated carbocycles. The van der Waals surface area contributed by atoms with Crippen LogP contribution in [0, 0.1) is 0 Å². The Hall–Kier alpha value is -1.84. The summed E-state index contributed by atoms with van der Waals surface area (Å²) in [7, 11) is 0. The normalized spacial score (nSPS) is 10.1. The van der Waals surface area contributed by atoms with Crippen LogP contribution in [0.4, 0.5) is 0 Å². The molecule has 0 bridgehead atoms. The van der Waals surface area contributed by atoms with Gasteiger partial charge in [0.15, 0.2) is 0 Å². The molecule has 0 heterocycles. The van der Waals surface area contributed by atoms with E-state index in [9.17, 15) is 9.59 Å². The molecule has 0 fully saturated rings. The third-order valence-corrected chi connectivity index (χ3v) is 2.55. The van der Waals surface area contributed by atoms with Gasteiger partial charge in [0.2, 0.25) is 0 Å². The van der Waals surface area contributed by atoms with E-state index in [1.165, 1.54) is 6.07 Å². The molecule has 0 atom stereocenters. The molecule has 0 amide bonds. The second-order valence-electron chi connectivity index (χ2n) is 3.48. The fourth-order valence-electron chi connectivity index (χ4n) is 1.78. The van der Waals surface area contributed by atoms with Gasteiger partial charge in [-0.15, -0.1) is 0 Å². The summed E-state index contributed by atoms with van der Waals surface area (Å²) in [5, 5.41) is 17.9. The third kappa shape index (κ3) is 2.21. The van der Waals surface area contributed by atoms with Crippen molar-refractivity contribution in [2.45, 2.75) is 26.7 Å². The molecule has 0 aliphatic heterocycles. The molecule has 2 N–H and O–H groups in total. The second-order valence-corrected chi connectivity index (χ2v) is 3.48. The number of aryl methyl sites for hydroxylation is 1. The summed E-state index contributed by atoms with van der Waals surface area (Å²) in [4.78, 5) is 21.9. The summed E-state index contributed by atoms with van der Waals surface area (Å²) in [6.07, 6.45) is 1.22. The monoisotopic (exact) mass is 222 g/mol. The highest BCUT2D eigenvalue weighted by atomic mass is 16.4. The van der Waals surface area contributed by atoms with Gasteiger partial charge in [-0.3, -0.25) is 0 Å². The van der Waals surface area contributed by atoms with Crippen LogP contribution >= 0.6 is 0 Å². The maximum atomic E-state index is 11.0. The van der Waals surface area contributed by atoms with Crippen molar-refractivity contribution in [3.8, 4) is 0 Å². The van der Waals surface area contributed by atoms with Crippen LogP contribution in [0.2, 0.25) is 0 Å². The predicted molar refractivity (Wildman–Crippen MR) is 59.1 cm³/mol. The maximum Gasteiger partial charge on any atom is 0.335 e.